The van der Waals surface area contributed by atoms with E-state index >= 15 is 0 Å². The SMILES string of the molecule is CCNC(Cc1nc(C(C)(CC)OCC)no1)C1CC1. The predicted octanol–water partition coefficient (Wildman–Crippen LogP) is 2.66. The summed E-state index contributed by atoms with van der Waals surface area (Å²) in [5.41, 5.74) is -0.441. The maximum absolute atomic E-state index is 5.79. The molecule has 0 saturated heterocycles. The third-order valence-electron chi connectivity index (χ3n) is 4.13. The van der Waals surface area contributed by atoms with Gasteiger partial charge in [-0.1, -0.05) is 19.0 Å². The second-order valence-electron chi connectivity index (χ2n) is 5.73. The molecule has 20 heavy (non-hydrogen) atoms. The molecular weight excluding hydrogens is 254 g/mol. The van der Waals surface area contributed by atoms with Crippen LogP contribution in [0.4, 0.5) is 0 Å². The van der Waals surface area contributed by atoms with Crippen LogP contribution in [-0.4, -0.2) is 29.3 Å². The second-order valence-corrected chi connectivity index (χ2v) is 5.73. The van der Waals surface area contributed by atoms with Crippen molar-refractivity contribution < 1.29 is 9.26 Å². The largest absolute Gasteiger partial charge is 0.367 e. The summed E-state index contributed by atoms with van der Waals surface area (Å²) in [6, 6.07) is 0.466. The van der Waals surface area contributed by atoms with Gasteiger partial charge < -0.3 is 14.6 Å². The molecule has 1 saturated carbocycles. The van der Waals surface area contributed by atoms with Crippen LogP contribution < -0.4 is 5.32 Å². The number of aromatic nitrogens is 2. The fraction of sp³-hybridized carbons (Fsp3) is 0.867. The van der Waals surface area contributed by atoms with Gasteiger partial charge in [-0.3, -0.25) is 0 Å². The number of nitrogens with one attached hydrogen (secondary N) is 1. The predicted molar refractivity (Wildman–Crippen MR) is 77.5 cm³/mol. The average molecular weight is 281 g/mol. The van der Waals surface area contributed by atoms with Gasteiger partial charge in [0.05, 0.1) is 0 Å². The van der Waals surface area contributed by atoms with Crippen LogP contribution in [0.3, 0.4) is 0 Å². The third kappa shape index (κ3) is 3.58. The summed E-state index contributed by atoms with van der Waals surface area (Å²) in [6.07, 6.45) is 4.27. The zero-order valence-electron chi connectivity index (χ0n) is 13.1. The zero-order chi connectivity index (χ0) is 14.6. The molecular formula is C15H27N3O2. The normalized spacial score (nSPS) is 19.8. The molecule has 1 aliphatic carbocycles. The summed E-state index contributed by atoms with van der Waals surface area (Å²) in [5, 5.41) is 7.65. The van der Waals surface area contributed by atoms with Gasteiger partial charge in [0.1, 0.15) is 5.60 Å². The van der Waals surface area contributed by atoms with Crippen molar-refractivity contribution in [1.82, 2.24) is 15.5 Å². The Kier molecular flexibility index (Phi) is 5.16. The van der Waals surface area contributed by atoms with E-state index in [-0.39, 0.29) is 0 Å². The minimum atomic E-state index is -0.441. The molecule has 0 radical (unpaired) electrons. The first kappa shape index (κ1) is 15.4. The number of hydrogen-bond acceptors (Lipinski definition) is 5. The number of ether oxygens (including phenoxy) is 1. The molecule has 1 N–H and O–H groups in total. The third-order valence-corrected chi connectivity index (χ3v) is 4.13. The first-order valence-electron chi connectivity index (χ1n) is 7.83. The quantitative estimate of drug-likeness (QED) is 0.754. The summed E-state index contributed by atoms with van der Waals surface area (Å²) in [7, 11) is 0. The van der Waals surface area contributed by atoms with E-state index in [4.69, 9.17) is 9.26 Å². The Balaban J connectivity index is 2.03. The Bertz CT molecular complexity index is 417. The highest BCUT2D eigenvalue weighted by Crippen LogP contribution is 2.34. The van der Waals surface area contributed by atoms with Crippen molar-refractivity contribution in [1.29, 1.82) is 0 Å². The van der Waals surface area contributed by atoms with Gasteiger partial charge >= 0.3 is 0 Å². The number of nitrogens with zero attached hydrogens (tertiary/aromatic N) is 2. The highest BCUT2D eigenvalue weighted by atomic mass is 16.5. The Labute approximate surface area is 121 Å². The van der Waals surface area contributed by atoms with Crippen LogP contribution in [0.25, 0.3) is 0 Å². The van der Waals surface area contributed by atoms with E-state index in [1.807, 2.05) is 13.8 Å². The Morgan fingerprint density at radius 3 is 2.70 bits per heavy atom. The van der Waals surface area contributed by atoms with Gasteiger partial charge in [0, 0.05) is 19.1 Å². The minimum absolute atomic E-state index is 0.441. The van der Waals surface area contributed by atoms with E-state index in [2.05, 4.69) is 29.3 Å². The van der Waals surface area contributed by atoms with E-state index < -0.39 is 5.60 Å². The van der Waals surface area contributed by atoms with Crippen LogP contribution >= 0.6 is 0 Å². The van der Waals surface area contributed by atoms with Crippen molar-refractivity contribution >= 4 is 0 Å². The van der Waals surface area contributed by atoms with Crippen molar-refractivity contribution in [3.8, 4) is 0 Å². The monoisotopic (exact) mass is 281 g/mol. The van der Waals surface area contributed by atoms with Gasteiger partial charge in [-0.25, -0.2) is 0 Å². The lowest BCUT2D eigenvalue weighted by Gasteiger charge is -2.23. The van der Waals surface area contributed by atoms with Crippen molar-refractivity contribution in [2.24, 2.45) is 5.92 Å². The fourth-order valence-corrected chi connectivity index (χ4v) is 2.55. The second kappa shape index (κ2) is 6.68. The minimum Gasteiger partial charge on any atom is -0.367 e. The molecule has 1 aliphatic rings. The standard InChI is InChI=1S/C15H27N3O2/c1-5-15(4,19-7-3)14-17-13(20-18-14)10-12(16-6-2)11-8-9-11/h11-12,16H,5-10H2,1-4H3. The first-order chi connectivity index (χ1) is 9.62. The highest BCUT2D eigenvalue weighted by Gasteiger charge is 2.34. The molecule has 114 valence electrons. The molecule has 2 unspecified atom stereocenters. The molecule has 0 aliphatic heterocycles. The Morgan fingerprint density at radius 2 is 2.15 bits per heavy atom. The molecule has 2 rings (SSSR count). The maximum Gasteiger partial charge on any atom is 0.228 e. The Hall–Kier alpha value is -0.940. The topological polar surface area (TPSA) is 60.2 Å². The van der Waals surface area contributed by atoms with Crippen molar-refractivity contribution in [2.75, 3.05) is 13.2 Å². The van der Waals surface area contributed by atoms with Gasteiger partial charge in [0.15, 0.2) is 0 Å². The van der Waals surface area contributed by atoms with Crippen LogP contribution in [-0.2, 0) is 16.8 Å². The molecule has 2 atom stereocenters. The zero-order valence-corrected chi connectivity index (χ0v) is 13.1. The van der Waals surface area contributed by atoms with Crippen LogP contribution in [0.2, 0.25) is 0 Å². The summed E-state index contributed by atoms with van der Waals surface area (Å²) in [5.74, 6) is 2.16. The summed E-state index contributed by atoms with van der Waals surface area (Å²) in [6.45, 7) is 9.86. The van der Waals surface area contributed by atoms with Gasteiger partial charge in [-0.15, -0.1) is 0 Å². The smallest absolute Gasteiger partial charge is 0.228 e. The van der Waals surface area contributed by atoms with Gasteiger partial charge in [-0.05, 0) is 45.6 Å². The fourth-order valence-electron chi connectivity index (χ4n) is 2.55. The van der Waals surface area contributed by atoms with Crippen LogP contribution in [0.15, 0.2) is 4.52 Å². The van der Waals surface area contributed by atoms with Crippen molar-refractivity contribution in [3.63, 3.8) is 0 Å². The molecule has 0 aromatic carbocycles. The van der Waals surface area contributed by atoms with Crippen molar-refractivity contribution in [2.45, 2.75) is 65.0 Å². The lowest BCUT2D eigenvalue weighted by molar-refractivity contribution is -0.0403. The lowest BCUT2D eigenvalue weighted by atomic mass is 10.0. The number of likely N-dealkylation sites (N-methyl/N-ethyl adjacent to an activating group) is 1. The Morgan fingerprint density at radius 1 is 1.40 bits per heavy atom. The summed E-state index contributed by atoms with van der Waals surface area (Å²) in [4.78, 5) is 4.56. The van der Waals surface area contributed by atoms with Gasteiger partial charge in [-0.2, -0.15) is 4.98 Å². The van der Waals surface area contributed by atoms with Crippen LogP contribution in [0, 0.1) is 5.92 Å². The van der Waals surface area contributed by atoms with E-state index in [1.165, 1.54) is 12.8 Å². The van der Waals surface area contributed by atoms with Crippen LogP contribution in [0.5, 0.6) is 0 Å². The summed E-state index contributed by atoms with van der Waals surface area (Å²) >= 11 is 0. The van der Waals surface area contributed by atoms with Crippen LogP contribution in [0.1, 0.15) is 58.7 Å². The molecule has 1 heterocycles. The molecule has 1 fully saturated rings. The molecule has 0 bridgehead atoms. The molecule has 1 aromatic rings. The maximum atomic E-state index is 5.79. The van der Waals surface area contributed by atoms with E-state index in [9.17, 15) is 0 Å². The molecule has 0 spiro atoms. The van der Waals surface area contributed by atoms with E-state index in [1.54, 1.807) is 0 Å². The lowest BCUT2D eigenvalue weighted by Crippen LogP contribution is -2.33. The molecule has 5 nitrogen and oxygen atoms in total. The van der Waals surface area contributed by atoms with E-state index in [0.29, 0.717) is 18.5 Å². The molecule has 5 heteroatoms. The number of rotatable bonds is 9. The number of hydrogen-bond donors (Lipinski definition) is 1. The van der Waals surface area contributed by atoms with Gasteiger partial charge in [0.2, 0.25) is 11.7 Å². The summed E-state index contributed by atoms with van der Waals surface area (Å²) < 4.78 is 11.2. The van der Waals surface area contributed by atoms with E-state index in [0.717, 1.165) is 31.2 Å². The first-order valence-corrected chi connectivity index (χ1v) is 7.83. The molecule has 1 aromatic heterocycles. The highest BCUT2D eigenvalue weighted by molar-refractivity contribution is 5.01. The van der Waals surface area contributed by atoms with Gasteiger partial charge in [0.25, 0.3) is 0 Å². The van der Waals surface area contributed by atoms with Crippen molar-refractivity contribution in [3.05, 3.63) is 11.7 Å². The average Bonchev–Trinajstić information content (AvgIpc) is 3.18. The molecule has 0 amide bonds.